The average molecular weight is 398 g/mol. The van der Waals surface area contributed by atoms with E-state index < -0.39 is 0 Å². The minimum Gasteiger partial charge on any atom is -0.322 e. The van der Waals surface area contributed by atoms with Gasteiger partial charge in [0.2, 0.25) is 0 Å². The van der Waals surface area contributed by atoms with Gasteiger partial charge in [0.1, 0.15) is 0 Å². The molecule has 2 aromatic carbocycles. The van der Waals surface area contributed by atoms with Crippen molar-refractivity contribution in [3.63, 3.8) is 0 Å². The van der Waals surface area contributed by atoms with E-state index >= 15 is 0 Å². The van der Waals surface area contributed by atoms with Gasteiger partial charge in [-0.2, -0.15) is 0 Å². The minimum atomic E-state index is -0.141. The van der Waals surface area contributed by atoms with Crippen LogP contribution in [0.2, 0.25) is 0 Å². The van der Waals surface area contributed by atoms with Gasteiger partial charge in [-0.15, -0.1) is 0 Å². The van der Waals surface area contributed by atoms with Crippen LogP contribution in [0.5, 0.6) is 0 Å². The Morgan fingerprint density at radius 3 is 2.53 bits per heavy atom. The molecule has 3 aromatic rings. The summed E-state index contributed by atoms with van der Waals surface area (Å²) in [6.45, 7) is 3.05. The summed E-state index contributed by atoms with van der Waals surface area (Å²) >= 11 is 0. The van der Waals surface area contributed by atoms with Crippen molar-refractivity contribution in [2.45, 2.75) is 19.8 Å². The normalized spacial score (nSPS) is 13.0. The highest BCUT2D eigenvalue weighted by Gasteiger charge is 2.13. The highest BCUT2D eigenvalue weighted by Crippen LogP contribution is 2.27. The fraction of sp³-hybridized carbons (Fsp3) is 0.231. The molecule has 4 heteroatoms. The molecule has 1 amide bonds. The topological polar surface area (TPSA) is 45.2 Å². The fourth-order valence-corrected chi connectivity index (χ4v) is 3.79. The van der Waals surface area contributed by atoms with Gasteiger partial charge in [0, 0.05) is 24.0 Å². The van der Waals surface area contributed by atoms with E-state index in [1.165, 1.54) is 22.3 Å². The van der Waals surface area contributed by atoms with Gasteiger partial charge in [-0.1, -0.05) is 47.5 Å². The maximum Gasteiger partial charge on any atom is 0.257 e. The van der Waals surface area contributed by atoms with E-state index in [1.807, 2.05) is 30.3 Å². The third-order valence-electron chi connectivity index (χ3n) is 5.37. The highest BCUT2D eigenvalue weighted by atomic mass is 16.1. The zero-order valence-electron chi connectivity index (χ0n) is 17.8. The third kappa shape index (κ3) is 4.66. The van der Waals surface area contributed by atoms with E-state index in [0.717, 1.165) is 36.3 Å². The first kappa shape index (κ1) is 20.0. The van der Waals surface area contributed by atoms with Crippen LogP contribution in [0.25, 0.3) is 17.3 Å². The van der Waals surface area contributed by atoms with Gasteiger partial charge in [-0.25, -0.2) is 0 Å². The molecular weight excluding hydrogens is 370 g/mol. The maximum absolute atomic E-state index is 12.7. The summed E-state index contributed by atoms with van der Waals surface area (Å²) in [4.78, 5) is 19.3. The molecule has 30 heavy (non-hydrogen) atoms. The quantitative estimate of drug-likeness (QED) is 0.644. The number of amides is 1. The summed E-state index contributed by atoms with van der Waals surface area (Å²) in [5, 5.41) is 3.01. The number of likely N-dealkylation sites (N-methyl/N-ethyl adjacent to an activating group) is 1. The van der Waals surface area contributed by atoms with Crippen molar-refractivity contribution in [1.82, 2.24) is 9.88 Å². The minimum absolute atomic E-state index is 0.141. The van der Waals surface area contributed by atoms with E-state index in [2.05, 4.69) is 66.6 Å². The number of hydrogen-bond acceptors (Lipinski definition) is 3. The number of pyridine rings is 1. The molecule has 4 rings (SSSR count). The van der Waals surface area contributed by atoms with Crippen LogP contribution in [-0.2, 0) is 6.42 Å². The SMILES string of the molecule is Cc1ccc(-c2ccc(C(=O)Nc3ccc4c(c3)CCC(CN(C)C)=C4)cn2)cc1. The molecule has 4 nitrogen and oxygen atoms in total. The Balaban J connectivity index is 1.45. The van der Waals surface area contributed by atoms with Crippen LogP contribution in [0.4, 0.5) is 5.69 Å². The number of fused-ring (bicyclic) bond motifs is 1. The number of aromatic nitrogens is 1. The molecule has 1 heterocycles. The number of hydrogen-bond donors (Lipinski definition) is 1. The standard InChI is InChI=1S/C26H27N3O/c1-18-4-7-20(8-5-18)25-13-11-23(16-27-25)26(30)28-24-12-10-21-14-19(17-29(2)3)6-9-22(21)15-24/h4-5,7-8,10-16H,6,9,17H2,1-3H3,(H,28,30). The summed E-state index contributed by atoms with van der Waals surface area (Å²) in [5.41, 5.74) is 8.48. The van der Waals surface area contributed by atoms with Crippen molar-refractivity contribution in [1.29, 1.82) is 0 Å². The largest absolute Gasteiger partial charge is 0.322 e. The number of aryl methyl sites for hydroxylation is 2. The maximum atomic E-state index is 12.7. The molecule has 1 aliphatic carbocycles. The van der Waals surface area contributed by atoms with Crippen molar-refractivity contribution >= 4 is 17.7 Å². The first-order valence-corrected chi connectivity index (χ1v) is 10.3. The molecular formula is C26H27N3O. The summed E-state index contributed by atoms with van der Waals surface area (Å²) in [5.74, 6) is -0.141. The Morgan fingerprint density at radius 1 is 1.03 bits per heavy atom. The smallest absolute Gasteiger partial charge is 0.257 e. The van der Waals surface area contributed by atoms with Gasteiger partial charge in [0.15, 0.2) is 0 Å². The predicted octanol–water partition coefficient (Wildman–Crippen LogP) is 5.20. The number of nitrogens with one attached hydrogen (secondary N) is 1. The van der Waals surface area contributed by atoms with Gasteiger partial charge < -0.3 is 10.2 Å². The van der Waals surface area contributed by atoms with Gasteiger partial charge in [0.25, 0.3) is 5.91 Å². The molecule has 0 atom stereocenters. The molecule has 0 aliphatic heterocycles. The number of carbonyl (C=O) groups excluding carboxylic acids is 1. The summed E-state index contributed by atoms with van der Waals surface area (Å²) in [6.07, 6.45) is 5.98. The lowest BCUT2D eigenvalue weighted by atomic mass is 9.91. The molecule has 152 valence electrons. The lowest BCUT2D eigenvalue weighted by Crippen LogP contribution is -2.17. The Kier molecular flexibility index (Phi) is 5.77. The molecule has 0 saturated carbocycles. The van der Waals surface area contributed by atoms with Gasteiger partial charge >= 0.3 is 0 Å². The van der Waals surface area contributed by atoms with E-state index in [1.54, 1.807) is 6.20 Å². The second kappa shape index (κ2) is 8.64. The first-order valence-electron chi connectivity index (χ1n) is 10.3. The van der Waals surface area contributed by atoms with Crippen molar-refractivity contribution < 1.29 is 4.79 Å². The molecule has 0 fully saturated rings. The summed E-state index contributed by atoms with van der Waals surface area (Å²) in [7, 11) is 4.19. The van der Waals surface area contributed by atoms with Crippen LogP contribution in [0.15, 0.2) is 66.4 Å². The van der Waals surface area contributed by atoms with E-state index in [0.29, 0.717) is 5.56 Å². The summed E-state index contributed by atoms with van der Waals surface area (Å²) < 4.78 is 0. The Hall–Kier alpha value is -3.24. The van der Waals surface area contributed by atoms with Crippen LogP contribution < -0.4 is 5.32 Å². The second-order valence-electron chi connectivity index (χ2n) is 8.21. The predicted molar refractivity (Wildman–Crippen MR) is 124 cm³/mol. The lowest BCUT2D eigenvalue weighted by molar-refractivity contribution is 0.102. The Bertz CT molecular complexity index is 1080. The first-order chi connectivity index (χ1) is 14.5. The van der Waals surface area contributed by atoms with E-state index in [-0.39, 0.29) is 5.91 Å². The zero-order valence-corrected chi connectivity index (χ0v) is 17.8. The third-order valence-corrected chi connectivity index (χ3v) is 5.37. The van der Waals surface area contributed by atoms with E-state index in [4.69, 9.17) is 0 Å². The number of rotatable bonds is 5. The number of nitrogens with zero attached hydrogens (tertiary/aromatic N) is 2. The van der Waals surface area contributed by atoms with Crippen LogP contribution in [0.1, 0.15) is 33.5 Å². The average Bonchev–Trinajstić information content (AvgIpc) is 2.74. The van der Waals surface area contributed by atoms with Crippen molar-refractivity contribution in [3.05, 3.63) is 88.6 Å². The van der Waals surface area contributed by atoms with Crippen molar-refractivity contribution in [2.75, 3.05) is 26.0 Å². The van der Waals surface area contributed by atoms with Gasteiger partial charge in [-0.05, 0) is 69.3 Å². The molecule has 0 radical (unpaired) electrons. The molecule has 1 aliphatic rings. The van der Waals surface area contributed by atoms with E-state index in [9.17, 15) is 4.79 Å². The molecule has 0 unspecified atom stereocenters. The number of carbonyl (C=O) groups is 1. The Morgan fingerprint density at radius 2 is 1.83 bits per heavy atom. The molecule has 1 N–H and O–H groups in total. The van der Waals surface area contributed by atoms with Crippen molar-refractivity contribution in [2.24, 2.45) is 0 Å². The highest BCUT2D eigenvalue weighted by molar-refractivity contribution is 6.04. The van der Waals surface area contributed by atoms with Crippen LogP contribution in [-0.4, -0.2) is 36.4 Å². The number of benzene rings is 2. The molecule has 0 saturated heterocycles. The second-order valence-corrected chi connectivity index (χ2v) is 8.21. The van der Waals surface area contributed by atoms with Crippen LogP contribution in [0, 0.1) is 6.92 Å². The molecule has 0 bridgehead atoms. The zero-order chi connectivity index (χ0) is 21.1. The fourth-order valence-electron chi connectivity index (χ4n) is 3.79. The van der Waals surface area contributed by atoms with Gasteiger partial charge in [-0.3, -0.25) is 9.78 Å². The van der Waals surface area contributed by atoms with Gasteiger partial charge in [0.05, 0.1) is 11.3 Å². The summed E-state index contributed by atoms with van der Waals surface area (Å²) in [6, 6.07) is 18.1. The molecule has 1 aromatic heterocycles. The van der Waals surface area contributed by atoms with Crippen molar-refractivity contribution in [3.8, 4) is 11.3 Å². The molecule has 0 spiro atoms. The number of anilines is 1. The van der Waals surface area contributed by atoms with Crippen LogP contribution in [0.3, 0.4) is 0 Å². The Labute approximate surface area is 178 Å². The monoisotopic (exact) mass is 397 g/mol. The van der Waals surface area contributed by atoms with Crippen LogP contribution >= 0.6 is 0 Å². The lowest BCUT2D eigenvalue weighted by Gasteiger charge is -2.20.